The Bertz CT molecular complexity index is 1310. The molecule has 0 aliphatic heterocycles. The Kier molecular flexibility index (Phi) is 5.06. The standard InChI is InChI=1S/C27H28N4OS/c1-16(21-14-18-10-11-19(21)13-18)28-27(32)22-15-23(24-9-6-12-33-24)29-26-25(22)17(2)30-31(26)20-7-4-3-5-8-20/h3-9,12,15-16,18-19,21H,10-11,13-14H2,1-2H3,(H,28,32)/t16-,18-,19-,21+/m1/s1. The Hall–Kier alpha value is -2.99. The van der Waals surface area contributed by atoms with Crippen LogP contribution in [0.15, 0.2) is 53.9 Å². The number of nitrogens with zero attached hydrogens (tertiary/aromatic N) is 3. The van der Waals surface area contributed by atoms with Crippen LogP contribution in [0.25, 0.3) is 27.3 Å². The monoisotopic (exact) mass is 456 g/mol. The third kappa shape index (κ3) is 3.57. The quantitative estimate of drug-likeness (QED) is 0.400. The third-order valence-corrected chi connectivity index (χ3v) is 8.52. The molecule has 2 aliphatic rings. The molecular formula is C27H28N4OS. The Morgan fingerprint density at radius 3 is 2.70 bits per heavy atom. The van der Waals surface area contributed by atoms with Crippen molar-refractivity contribution in [3.63, 3.8) is 0 Å². The average Bonchev–Trinajstić information content (AvgIpc) is 3.63. The molecular weight excluding hydrogens is 428 g/mol. The molecule has 33 heavy (non-hydrogen) atoms. The van der Waals surface area contributed by atoms with Crippen molar-refractivity contribution in [2.45, 2.75) is 45.6 Å². The van der Waals surface area contributed by atoms with E-state index in [2.05, 4.69) is 18.3 Å². The summed E-state index contributed by atoms with van der Waals surface area (Å²) in [6, 6.07) is 16.2. The first-order chi connectivity index (χ1) is 16.1. The number of aryl methyl sites for hydroxylation is 1. The second kappa shape index (κ2) is 8.10. The highest BCUT2D eigenvalue weighted by molar-refractivity contribution is 7.13. The molecule has 168 valence electrons. The Balaban J connectivity index is 1.43. The van der Waals surface area contributed by atoms with E-state index >= 15 is 0 Å². The van der Waals surface area contributed by atoms with Crippen molar-refractivity contribution >= 4 is 28.3 Å². The first kappa shape index (κ1) is 20.6. The molecule has 4 atom stereocenters. The highest BCUT2D eigenvalue weighted by Gasteiger charge is 2.42. The first-order valence-corrected chi connectivity index (χ1v) is 12.8. The van der Waals surface area contributed by atoms with Crippen LogP contribution in [0.1, 0.15) is 48.7 Å². The lowest BCUT2D eigenvalue weighted by atomic mass is 9.84. The van der Waals surface area contributed by atoms with Gasteiger partial charge in [0.2, 0.25) is 0 Å². The number of hydrogen-bond donors (Lipinski definition) is 1. The van der Waals surface area contributed by atoms with E-state index in [1.165, 1.54) is 25.7 Å². The number of aromatic nitrogens is 3. The van der Waals surface area contributed by atoms with Gasteiger partial charge in [0, 0.05) is 6.04 Å². The van der Waals surface area contributed by atoms with Crippen molar-refractivity contribution in [3.05, 3.63) is 65.2 Å². The predicted molar refractivity (Wildman–Crippen MR) is 133 cm³/mol. The summed E-state index contributed by atoms with van der Waals surface area (Å²) in [5, 5.41) is 11.0. The van der Waals surface area contributed by atoms with Crippen molar-refractivity contribution in [1.29, 1.82) is 0 Å². The molecule has 0 radical (unpaired) electrons. The molecule has 1 amide bonds. The minimum atomic E-state index is -0.0220. The lowest BCUT2D eigenvalue weighted by molar-refractivity contribution is 0.0917. The highest BCUT2D eigenvalue weighted by Crippen LogP contribution is 2.49. The highest BCUT2D eigenvalue weighted by atomic mass is 32.1. The maximum Gasteiger partial charge on any atom is 0.252 e. The van der Waals surface area contributed by atoms with E-state index in [1.54, 1.807) is 11.3 Å². The number of hydrogen-bond acceptors (Lipinski definition) is 4. The topological polar surface area (TPSA) is 59.8 Å². The van der Waals surface area contributed by atoms with Gasteiger partial charge in [0.25, 0.3) is 5.91 Å². The molecule has 4 aromatic rings. The van der Waals surface area contributed by atoms with E-state index in [0.29, 0.717) is 11.5 Å². The summed E-state index contributed by atoms with van der Waals surface area (Å²) in [7, 11) is 0. The van der Waals surface area contributed by atoms with E-state index in [-0.39, 0.29) is 11.9 Å². The lowest BCUT2D eigenvalue weighted by Gasteiger charge is -2.28. The molecule has 6 heteroatoms. The van der Waals surface area contributed by atoms with Gasteiger partial charge in [0.1, 0.15) is 0 Å². The molecule has 0 spiro atoms. The van der Waals surface area contributed by atoms with Gasteiger partial charge < -0.3 is 5.32 Å². The fourth-order valence-corrected chi connectivity index (χ4v) is 6.75. The van der Waals surface area contributed by atoms with Crippen LogP contribution in [0, 0.1) is 24.7 Å². The van der Waals surface area contributed by atoms with Crippen molar-refractivity contribution < 1.29 is 4.79 Å². The van der Waals surface area contributed by atoms with Gasteiger partial charge in [-0.3, -0.25) is 4.79 Å². The fraction of sp³-hybridized carbons (Fsp3) is 0.370. The van der Waals surface area contributed by atoms with Crippen molar-refractivity contribution in [3.8, 4) is 16.3 Å². The SMILES string of the molecule is Cc1nn(-c2ccccc2)c2nc(-c3cccs3)cc(C(=O)N[C@H](C)[C@@H]3C[C@@H]4CC[C@@H]3C4)c12. The zero-order valence-electron chi connectivity index (χ0n) is 19.0. The van der Waals surface area contributed by atoms with E-state index in [4.69, 9.17) is 10.1 Å². The Morgan fingerprint density at radius 1 is 1.15 bits per heavy atom. The van der Waals surface area contributed by atoms with Crippen LogP contribution in [-0.4, -0.2) is 26.7 Å². The normalized spacial score (nSPS) is 22.7. The molecule has 2 bridgehead atoms. The molecule has 0 saturated heterocycles. The lowest BCUT2D eigenvalue weighted by Crippen LogP contribution is -2.40. The molecule has 2 fully saturated rings. The number of para-hydroxylation sites is 1. The molecule has 5 nitrogen and oxygen atoms in total. The van der Waals surface area contributed by atoms with Gasteiger partial charge in [0.15, 0.2) is 5.65 Å². The summed E-state index contributed by atoms with van der Waals surface area (Å²) in [5.41, 5.74) is 3.96. The number of thiophene rings is 1. The van der Waals surface area contributed by atoms with Crippen LogP contribution in [0.4, 0.5) is 0 Å². The average molecular weight is 457 g/mol. The minimum absolute atomic E-state index is 0.0220. The van der Waals surface area contributed by atoms with Crippen LogP contribution >= 0.6 is 11.3 Å². The zero-order valence-corrected chi connectivity index (χ0v) is 19.8. The van der Waals surface area contributed by atoms with Crippen LogP contribution in [0.5, 0.6) is 0 Å². The van der Waals surface area contributed by atoms with Crippen molar-refractivity contribution in [2.24, 2.45) is 17.8 Å². The largest absolute Gasteiger partial charge is 0.349 e. The van der Waals surface area contributed by atoms with Crippen molar-refractivity contribution in [1.82, 2.24) is 20.1 Å². The molecule has 2 aliphatic carbocycles. The van der Waals surface area contributed by atoms with Crippen LogP contribution in [-0.2, 0) is 0 Å². The van der Waals surface area contributed by atoms with E-state index in [0.717, 1.165) is 44.8 Å². The van der Waals surface area contributed by atoms with Crippen molar-refractivity contribution in [2.75, 3.05) is 0 Å². The molecule has 1 N–H and O–H groups in total. The minimum Gasteiger partial charge on any atom is -0.349 e. The van der Waals surface area contributed by atoms with Gasteiger partial charge in [0.05, 0.1) is 32.9 Å². The summed E-state index contributed by atoms with van der Waals surface area (Å²) in [5.74, 6) is 2.21. The number of amides is 1. The second-order valence-electron chi connectivity index (χ2n) is 9.66. The number of carbonyl (C=O) groups excluding carboxylic acids is 1. The number of benzene rings is 1. The summed E-state index contributed by atoms with van der Waals surface area (Å²) >= 11 is 1.63. The Labute approximate surface area is 197 Å². The maximum absolute atomic E-state index is 13.7. The third-order valence-electron chi connectivity index (χ3n) is 7.63. The number of carbonyl (C=O) groups is 1. The van der Waals surface area contributed by atoms with Crippen LogP contribution < -0.4 is 5.32 Å². The summed E-state index contributed by atoms with van der Waals surface area (Å²) in [4.78, 5) is 19.7. The van der Waals surface area contributed by atoms with Gasteiger partial charge >= 0.3 is 0 Å². The molecule has 1 aromatic carbocycles. The molecule has 3 aromatic heterocycles. The molecule has 0 unspecified atom stereocenters. The number of fused-ring (bicyclic) bond motifs is 3. The number of pyridine rings is 1. The zero-order chi connectivity index (χ0) is 22.5. The predicted octanol–water partition coefficient (Wildman–Crippen LogP) is 6.01. The van der Waals surface area contributed by atoms with E-state index < -0.39 is 0 Å². The number of nitrogens with one attached hydrogen (secondary N) is 1. The molecule has 3 heterocycles. The van der Waals surface area contributed by atoms with Gasteiger partial charge in [-0.15, -0.1) is 11.3 Å². The van der Waals surface area contributed by atoms with Gasteiger partial charge in [-0.25, -0.2) is 9.67 Å². The maximum atomic E-state index is 13.7. The molecule has 6 rings (SSSR count). The fourth-order valence-electron chi connectivity index (χ4n) is 6.07. The summed E-state index contributed by atoms with van der Waals surface area (Å²) < 4.78 is 1.86. The van der Waals surface area contributed by atoms with E-state index in [9.17, 15) is 4.79 Å². The smallest absolute Gasteiger partial charge is 0.252 e. The van der Waals surface area contributed by atoms with Gasteiger partial charge in [-0.2, -0.15) is 5.10 Å². The summed E-state index contributed by atoms with van der Waals surface area (Å²) in [6.45, 7) is 4.15. The van der Waals surface area contributed by atoms with E-state index in [1.807, 2.05) is 59.5 Å². The van der Waals surface area contributed by atoms with Crippen LogP contribution in [0.2, 0.25) is 0 Å². The van der Waals surface area contributed by atoms with Gasteiger partial charge in [-0.1, -0.05) is 30.7 Å². The second-order valence-corrected chi connectivity index (χ2v) is 10.6. The van der Waals surface area contributed by atoms with Gasteiger partial charge in [-0.05, 0) is 80.5 Å². The first-order valence-electron chi connectivity index (χ1n) is 11.9. The molecule has 2 saturated carbocycles. The van der Waals surface area contributed by atoms with Crippen LogP contribution in [0.3, 0.4) is 0 Å². The summed E-state index contributed by atoms with van der Waals surface area (Å²) in [6.07, 6.45) is 5.29. The number of rotatable bonds is 5. The Morgan fingerprint density at radius 2 is 2.00 bits per heavy atom.